The molecular weight excluding hydrogens is 370 g/mol. The maximum Gasteiger partial charge on any atom is 0.519 e. The molecule has 0 N–H and O–H groups in total. The highest BCUT2D eigenvalue weighted by molar-refractivity contribution is 9.09. The first-order valence-electron chi connectivity index (χ1n) is 9.36. The lowest BCUT2D eigenvalue weighted by Gasteiger charge is -2.44. The molecule has 5 heteroatoms. The predicted octanol–water partition coefficient (Wildman–Crippen LogP) is 5.24. The van der Waals surface area contributed by atoms with E-state index in [0.717, 1.165) is 11.8 Å². The Balaban J connectivity index is 2.39. The first-order chi connectivity index (χ1) is 11.0. The van der Waals surface area contributed by atoms with Crippen molar-refractivity contribution < 1.29 is 18.8 Å². The average molecular weight is 405 g/mol. The van der Waals surface area contributed by atoms with Crippen LogP contribution in [0.2, 0.25) is 0 Å². The lowest BCUT2D eigenvalue weighted by atomic mass is 9.80. The topological polar surface area (TPSA) is 35.5 Å². The van der Waals surface area contributed by atoms with Gasteiger partial charge in [-0.05, 0) is 40.0 Å². The maximum absolute atomic E-state index is 13.3. The van der Waals surface area contributed by atoms with Crippen LogP contribution in [0.25, 0.3) is 0 Å². The summed E-state index contributed by atoms with van der Waals surface area (Å²) in [6, 6.07) is 0.174. The summed E-state index contributed by atoms with van der Waals surface area (Å²) in [7, 11) is 2.03. The number of rotatable bonds is 3. The van der Waals surface area contributed by atoms with Crippen molar-refractivity contribution >= 4 is 22.0 Å². The molecule has 2 aliphatic rings. The van der Waals surface area contributed by atoms with E-state index in [4.69, 9.17) is 9.47 Å². The van der Waals surface area contributed by atoms with Crippen LogP contribution in [0.3, 0.4) is 0 Å². The Labute approximate surface area is 156 Å². The summed E-state index contributed by atoms with van der Waals surface area (Å²) in [6.07, 6.45) is 7.10. The van der Waals surface area contributed by atoms with Crippen molar-refractivity contribution in [3.05, 3.63) is 0 Å². The standard InChI is InChI=1S/C19H35BrNO3/c1-18(2,3)24-17(22)21(6)16(14-10-8-7-9-11-14)15(12-13-20)23-19(21,4)5/h14-16H,7-13H2,1-6H3/q+1/t15?,16-,21?/m0/s1. The molecule has 0 radical (unpaired) electrons. The number of hydrogen-bond donors (Lipinski definition) is 0. The van der Waals surface area contributed by atoms with Gasteiger partial charge in [-0.1, -0.05) is 35.2 Å². The van der Waals surface area contributed by atoms with E-state index < -0.39 is 11.3 Å². The van der Waals surface area contributed by atoms with Gasteiger partial charge in [0.2, 0.25) is 5.72 Å². The maximum atomic E-state index is 13.3. The summed E-state index contributed by atoms with van der Waals surface area (Å²) in [6.45, 7) is 9.90. The van der Waals surface area contributed by atoms with Crippen molar-refractivity contribution in [2.24, 2.45) is 5.92 Å². The summed E-state index contributed by atoms with van der Waals surface area (Å²) in [4.78, 5) is 13.3. The van der Waals surface area contributed by atoms with Gasteiger partial charge in [0.25, 0.3) is 0 Å². The second-order valence-electron chi connectivity index (χ2n) is 9.03. The van der Waals surface area contributed by atoms with Crippen LogP contribution in [-0.4, -0.2) is 46.4 Å². The molecule has 2 unspecified atom stereocenters. The van der Waals surface area contributed by atoms with Gasteiger partial charge in [0.05, 0.1) is 7.05 Å². The molecule has 1 aliphatic heterocycles. The van der Waals surface area contributed by atoms with Crippen molar-refractivity contribution in [1.29, 1.82) is 0 Å². The fraction of sp³-hybridized carbons (Fsp3) is 0.947. The predicted molar refractivity (Wildman–Crippen MR) is 100 cm³/mol. The fourth-order valence-electron chi connectivity index (χ4n) is 4.48. The molecule has 0 aromatic carbocycles. The zero-order chi connectivity index (χ0) is 18.2. The molecule has 24 heavy (non-hydrogen) atoms. The number of carbonyl (C=O) groups is 1. The van der Waals surface area contributed by atoms with Gasteiger partial charge in [0, 0.05) is 25.1 Å². The highest BCUT2D eigenvalue weighted by Crippen LogP contribution is 2.47. The van der Waals surface area contributed by atoms with Gasteiger partial charge in [0.15, 0.2) is 0 Å². The molecule has 0 aromatic heterocycles. The lowest BCUT2D eigenvalue weighted by Crippen LogP contribution is -2.66. The summed E-state index contributed by atoms with van der Waals surface area (Å²) < 4.78 is 12.5. The van der Waals surface area contributed by atoms with Crippen molar-refractivity contribution in [2.45, 2.75) is 96.6 Å². The third-order valence-corrected chi connectivity index (χ3v) is 6.29. The number of halogens is 1. The molecule has 0 aromatic rings. The monoisotopic (exact) mass is 404 g/mol. The van der Waals surface area contributed by atoms with Crippen LogP contribution in [0, 0.1) is 5.92 Å². The molecule has 4 nitrogen and oxygen atoms in total. The van der Waals surface area contributed by atoms with Crippen LogP contribution in [-0.2, 0) is 9.47 Å². The first-order valence-corrected chi connectivity index (χ1v) is 10.5. The highest BCUT2D eigenvalue weighted by Gasteiger charge is 2.66. The van der Waals surface area contributed by atoms with E-state index in [9.17, 15) is 4.79 Å². The minimum absolute atomic E-state index is 0.0972. The van der Waals surface area contributed by atoms with Crippen molar-refractivity contribution in [3.8, 4) is 0 Å². The molecule has 1 heterocycles. The van der Waals surface area contributed by atoms with Crippen molar-refractivity contribution in [3.63, 3.8) is 0 Å². The average Bonchev–Trinajstić information content (AvgIpc) is 2.66. The minimum Gasteiger partial charge on any atom is -0.414 e. The van der Waals surface area contributed by atoms with Gasteiger partial charge in [-0.25, -0.2) is 0 Å². The number of carbonyl (C=O) groups excluding carboxylic acids is 1. The molecule has 2 fully saturated rings. The van der Waals surface area contributed by atoms with Gasteiger partial charge in [-0.3, -0.25) is 0 Å². The molecule has 0 bridgehead atoms. The van der Waals surface area contributed by atoms with Crippen LogP contribution >= 0.6 is 15.9 Å². The minimum atomic E-state index is -0.572. The number of alkyl halides is 1. The third kappa shape index (κ3) is 3.83. The second-order valence-corrected chi connectivity index (χ2v) is 9.82. The number of likely N-dealkylation sites (N-methyl/N-ethyl adjacent to an activating group) is 1. The summed E-state index contributed by atoms with van der Waals surface area (Å²) >= 11 is 3.57. The molecule has 1 saturated carbocycles. The van der Waals surface area contributed by atoms with E-state index in [2.05, 4.69) is 15.9 Å². The quantitative estimate of drug-likeness (QED) is 0.476. The van der Waals surface area contributed by atoms with E-state index in [0.29, 0.717) is 5.92 Å². The van der Waals surface area contributed by atoms with E-state index in [1.54, 1.807) is 0 Å². The summed E-state index contributed by atoms with van der Waals surface area (Å²) in [5.41, 5.74) is -1.06. The van der Waals surface area contributed by atoms with Crippen LogP contribution in [0.5, 0.6) is 0 Å². The second kappa shape index (κ2) is 7.24. The number of nitrogens with zero attached hydrogens (tertiary/aromatic N) is 1. The normalized spacial score (nSPS) is 34.3. The van der Waals surface area contributed by atoms with Gasteiger partial charge < -0.3 is 9.47 Å². The Kier molecular flexibility index (Phi) is 6.09. The summed E-state index contributed by atoms with van der Waals surface area (Å²) in [5, 5.41) is 0.894. The van der Waals surface area contributed by atoms with E-state index in [1.165, 1.54) is 32.1 Å². The van der Waals surface area contributed by atoms with Crippen LogP contribution < -0.4 is 0 Å². The smallest absolute Gasteiger partial charge is 0.414 e. The lowest BCUT2D eigenvalue weighted by molar-refractivity contribution is -0.915. The van der Waals surface area contributed by atoms with Gasteiger partial charge in [-0.2, -0.15) is 9.28 Å². The van der Waals surface area contributed by atoms with E-state index in [-0.39, 0.29) is 22.7 Å². The number of hydrogen-bond acceptors (Lipinski definition) is 3. The molecule has 1 saturated heterocycles. The van der Waals surface area contributed by atoms with E-state index >= 15 is 0 Å². The zero-order valence-electron chi connectivity index (χ0n) is 16.2. The third-order valence-electron chi connectivity index (χ3n) is 5.83. The number of quaternary nitrogens is 1. The van der Waals surface area contributed by atoms with Gasteiger partial charge in [-0.15, -0.1) is 0 Å². The van der Waals surface area contributed by atoms with Crippen molar-refractivity contribution in [1.82, 2.24) is 0 Å². The Morgan fingerprint density at radius 3 is 2.33 bits per heavy atom. The molecule has 1 aliphatic carbocycles. The summed E-state index contributed by atoms with van der Waals surface area (Å²) in [5.74, 6) is 0.530. The SMILES string of the molecule is CC(C)(C)OC(=O)[N+]1(C)[C@@H](C2CCCCC2)C(CCBr)OC1(C)C. The van der Waals surface area contributed by atoms with Crippen LogP contribution in [0.15, 0.2) is 0 Å². The van der Waals surface area contributed by atoms with Crippen molar-refractivity contribution in [2.75, 3.05) is 12.4 Å². The Morgan fingerprint density at radius 1 is 1.25 bits per heavy atom. The van der Waals surface area contributed by atoms with Crippen LogP contribution in [0.4, 0.5) is 4.79 Å². The van der Waals surface area contributed by atoms with E-state index in [1.807, 2.05) is 41.7 Å². The van der Waals surface area contributed by atoms with Crippen LogP contribution in [0.1, 0.15) is 73.1 Å². The van der Waals surface area contributed by atoms with Gasteiger partial charge in [0.1, 0.15) is 17.7 Å². The number of amides is 1. The molecular formula is C19H35BrNO3+. The molecule has 0 spiro atoms. The largest absolute Gasteiger partial charge is 0.519 e. The molecule has 140 valence electrons. The molecule has 3 atom stereocenters. The zero-order valence-corrected chi connectivity index (χ0v) is 17.8. The Bertz CT molecular complexity index is 454. The Hall–Kier alpha value is -0.130. The first kappa shape index (κ1) is 20.2. The molecule has 1 amide bonds. The highest BCUT2D eigenvalue weighted by atomic mass is 79.9. The molecule has 2 rings (SSSR count). The fourth-order valence-corrected chi connectivity index (χ4v) is 4.93. The number of ether oxygens (including phenoxy) is 2. The van der Waals surface area contributed by atoms with Gasteiger partial charge >= 0.3 is 6.09 Å². The Morgan fingerprint density at radius 2 is 1.83 bits per heavy atom.